The number of carbonyl (C=O) groups excluding carboxylic acids is 1. The van der Waals surface area contributed by atoms with Gasteiger partial charge in [0.25, 0.3) is 0 Å². The van der Waals surface area contributed by atoms with E-state index in [1.54, 1.807) is 6.08 Å². The third-order valence-electron chi connectivity index (χ3n) is 1.82. The average Bonchev–Trinajstić information content (AvgIpc) is 1.77. The van der Waals surface area contributed by atoms with E-state index in [2.05, 4.69) is 44.3 Å². The summed E-state index contributed by atoms with van der Waals surface area (Å²) in [5.74, 6) is 0. The Kier molecular flexibility index (Phi) is 3.63. The average molecular weight is 201 g/mol. The van der Waals surface area contributed by atoms with Gasteiger partial charge in [0.1, 0.15) is 0 Å². The summed E-state index contributed by atoms with van der Waals surface area (Å²) in [5.41, 5.74) is 0. The molecular weight excluding hydrogens is 182 g/mol. The van der Waals surface area contributed by atoms with E-state index in [9.17, 15) is 4.79 Å². The van der Waals surface area contributed by atoms with Crippen LogP contribution in [0, 0.1) is 0 Å². The highest BCUT2D eigenvalue weighted by Gasteiger charge is 2.37. The van der Waals surface area contributed by atoms with Crippen LogP contribution in [0.15, 0.2) is 4.99 Å². The SMILES string of the molecule is C[Si](C)(C)C(N=C=O)[Si](C)(C)C. The maximum Gasteiger partial charge on any atom is 0.234 e. The van der Waals surface area contributed by atoms with Gasteiger partial charge in [0.15, 0.2) is 0 Å². The lowest BCUT2D eigenvalue weighted by Gasteiger charge is -2.33. The molecule has 0 aliphatic carbocycles. The van der Waals surface area contributed by atoms with Crippen LogP contribution in [0.25, 0.3) is 0 Å². The van der Waals surface area contributed by atoms with Crippen molar-refractivity contribution in [3.8, 4) is 0 Å². The molecule has 12 heavy (non-hydrogen) atoms. The number of hydrogen-bond acceptors (Lipinski definition) is 2. The molecule has 0 fully saturated rings. The number of isocyanates is 1. The van der Waals surface area contributed by atoms with Gasteiger partial charge in [0, 0.05) is 5.29 Å². The van der Waals surface area contributed by atoms with Crippen molar-refractivity contribution in [1.29, 1.82) is 0 Å². The number of rotatable bonds is 3. The topological polar surface area (TPSA) is 29.4 Å². The van der Waals surface area contributed by atoms with E-state index in [0.29, 0.717) is 5.29 Å². The molecule has 0 aromatic rings. The molecule has 0 rings (SSSR count). The molecule has 0 aliphatic heterocycles. The molecule has 0 heterocycles. The summed E-state index contributed by atoms with van der Waals surface area (Å²) in [7, 11) is -2.62. The summed E-state index contributed by atoms with van der Waals surface area (Å²) in [6.45, 7) is 13.6. The Labute approximate surface area is 77.1 Å². The van der Waals surface area contributed by atoms with Crippen LogP contribution in [0.3, 0.4) is 0 Å². The molecule has 2 nitrogen and oxygen atoms in total. The van der Waals surface area contributed by atoms with Crippen molar-refractivity contribution in [3.63, 3.8) is 0 Å². The van der Waals surface area contributed by atoms with Crippen molar-refractivity contribution in [2.75, 3.05) is 0 Å². The van der Waals surface area contributed by atoms with Gasteiger partial charge < -0.3 is 0 Å². The zero-order valence-corrected chi connectivity index (χ0v) is 10.9. The Morgan fingerprint density at radius 2 is 1.33 bits per heavy atom. The van der Waals surface area contributed by atoms with Crippen LogP contribution in [-0.2, 0) is 4.79 Å². The maximum atomic E-state index is 10.3. The third-order valence-corrected chi connectivity index (χ3v) is 10.6. The fourth-order valence-electron chi connectivity index (χ4n) is 1.74. The van der Waals surface area contributed by atoms with Crippen molar-refractivity contribution in [3.05, 3.63) is 0 Å². The molecule has 0 aromatic heterocycles. The van der Waals surface area contributed by atoms with Crippen molar-refractivity contribution in [2.24, 2.45) is 4.99 Å². The molecule has 0 N–H and O–H groups in total. The lowest BCUT2D eigenvalue weighted by molar-refractivity contribution is 0.563. The first-order chi connectivity index (χ1) is 5.19. The summed E-state index contributed by atoms with van der Waals surface area (Å²) < 4.78 is 0. The monoisotopic (exact) mass is 201 g/mol. The second-order valence-corrected chi connectivity index (χ2v) is 16.5. The zero-order chi connectivity index (χ0) is 9.99. The fraction of sp³-hybridized carbons (Fsp3) is 0.875. The lowest BCUT2D eigenvalue weighted by atomic mass is 11.3. The van der Waals surface area contributed by atoms with Crippen LogP contribution < -0.4 is 0 Å². The van der Waals surface area contributed by atoms with E-state index >= 15 is 0 Å². The number of nitrogens with zero attached hydrogens (tertiary/aromatic N) is 1. The minimum absolute atomic E-state index is 0.308. The van der Waals surface area contributed by atoms with E-state index in [1.165, 1.54) is 0 Å². The van der Waals surface area contributed by atoms with E-state index in [1.807, 2.05) is 0 Å². The molecular formula is C8H19NOSi2. The number of aliphatic imine (C=N–C) groups is 1. The van der Waals surface area contributed by atoms with E-state index in [0.717, 1.165) is 0 Å². The van der Waals surface area contributed by atoms with E-state index < -0.39 is 16.1 Å². The van der Waals surface area contributed by atoms with Gasteiger partial charge in [-0.1, -0.05) is 39.3 Å². The highest BCUT2D eigenvalue weighted by molar-refractivity contribution is 6.96. The van der Waals surface area contributed by atoms with Gasteiger partial charge in [-0.2, -0.15) is 0 Å². The van der Waals surface area contributed by atoms with Gasteiger partial charge in [-0.3, -0.25) is 0 Å². The first kappa shape index (κ1) is 11.8. The second-order valence-electron chi connectivity index (χ2n) is 5.35. The van der Waals surface area contributed by atoms with Crippen molar-refractivity contribution in [1.82, 2.24) is 0 Å². The fourth-order valence-corrected chi connectivity index (χ4v) is 13.0. The number of hydrogen-bond donors (Lipinski definition) is 0. The van der Waals surface area contributed by atoms with Crippen LogP contribution in [0.2, 0.25) is 39.3 Å². The van der Waals surface area contributed by atoms with Crippen LogP contribution in [0.4, 0.5) is 0 Å². The summed E-state index contributed by atoms with van der Waals surface area (Å²) in [6, 6.07) is 0. The predicted octanol–water partition coefficient (Wildman–Crippen LogP) is 2.45. The summed E-state index contributed by atoms with van der Waals surface area (Å²) in [6.07, 6.45) is 1.73. The molecule has 70 valence electrons. The smallest absolute Gasteiger partial charge is 0.211 e. The normalized spacial score (nSPS) is 12.9. The first-order valence-electron chi connectivity index (χ1n) is 4.26. The molecule has 0 saturated carbocycles. The molecule has 4 heteroatoms. The van der Waals surface area contributed by atoms with Gasteiger partial charge >= 0.3 is 0 Å². The highest BCUT2D eigenvalue weighted by atomic mass is 28.4. The minimum Gasteiger partial charge on any atom is -0.211 e. The first-order valence-corrected chi connectivity index (χ1v) is 11.4. The van der Waals surface area contributed by atoms with Crippen LogP contribution in [-0.4, -0.2) is 27.5 Å². The van der Waals surface area contributed by atoms with Crippen LogP contribution >= 0.6 is 0 Å². The van der Waals surface area contributed by atoms with Crippen LogP contribution in [0.1, 0.15) is 0 Å². The highest BCUT2D eigenvalue weighted by Crippen LogP contribution is 2.21. The molecule has 0 radical (unpaired) electrons. The molecule has 0 unspecified atom stereocenters. The van der Waals surface area contributed by atoms with Crippen molar-refractivity contribution in [2.45, 2.75) is 44.6 Å². The lowest BCUT2D eigenvalue weighted by Crippen LogP contribution is -2.52. The molecule has 0 bridgehead atoms. The molecule has 0 spiro atoms. The Morgan fingerprint density at radius 3 is 1.42 bits per heavy atom. The third kappa shape index (κ3) is 3.47. The summed E-state index contributed by atoms with van der Waals surface area (Å²) >= 11 is 0. The summed E-state index contributed by atoms with van der Waals surface area (Å²) in [5, 5.41) is 0.308. The zero-order valence-electron chi connectivity index (χ0n) is 8.93. The van der Waals surface area contributed by atoms with Gasteiger partial charge in [0.05, 0.1) is 16.1 Å². The maximum absolute atomic E-state index is 10.3. The standard InChI is InChI=1S/C8H19NOSi2/c1-11(2,3)8(9-7-10)12(4,5)6/h8H,1-6H3. The Hall–Kier alpha value is -0.186. The quantitative estimate of drug-likeness (QED) is 0.392. The Balaban J connectivity index is 4.81. The van der Waals surface area contributed by atoms with Crippen LogP contribution in [0.5, 0.6) is 0 Å². The second kappa shape index (κ2) is 3.68. The molecule has 0 aliphatic rings. The molecule has 0 aromatic carbocycles. The predicted molar refractivity (Wildman–Crippen MR) is 58.6 cm³/mol. The van der Waals surface area contributed by atoms with Gasteiger partial charge in [-0.05, 0) is 0 Å². The minimum atomic E-state index is -1.31. The summed E-state index contributed by atoms with van der Waals surface area (Å²) in [4.78, 5) is 14.2. The molecule has 0 amide bonds. The van der Waals surface area contributed by atoms with E-state index in [4.69, 9.17) is 0 Å². The Morgan fingerprint density at radius 1 is 1.00 bits per heavy atom. The van der Waals surface area contributed by atoms with Crippen molar-refractivity contribution < 1.29 is 4.79 Å². The molecule has 0 saturated heterocycles. The molecule has 0 atom stereocenters. The van der Waals surface area contributed by atoms with Crippen molar-refractivity contribution >= 4 is 22.2 Å². The van der Waals surface area contributed by atoms with Gasteiger partial charge in [-0.15, -0.1) is 0 Å². The Bertz CT molecular complexity index is 182. The largest absolute Gasteiger partial charge is 0.234 e. The van der Waals surface area contributed by atoms with Gasteiger partial charge in [0.2, 0.25) is 6.08 Å². The van der Waals surface area contributed by atoms with Gasteiger partial charge in [-0.25, -0.2) is 9.79 Å². The van der Waals surface area contributed by atoms with E-state index in [-0.39, 0.29) is 0 Å².